The van der Waals surface area contributed by atoms with Gasteiger partial charge in [0, 0.05) is 23.7 Å². The summed E-state index contributed by atoms with van der Waals surface area (Å²) in [6.45, 7) is 1.89. The predicted octanol–water partition coefficient (Wildman–Crippen LogP) is 2.38. The Morgan fingerprint density at radius 1 is 1.28 bits per heavy atom. The second kappa shape index (κ2) is 7.85. The van der Waals surface area contributed by atoms with Crippen LogP contribution in [0, 0.1) is 5.92 Å². The maximum absolute atomic E-state index is 12.0. The van der Waals surface area contributed by atoms with Crippen LogP contribution in [0.15, 0.2) is 42.7 Å². The van der Waals surface area contributed by atoms with E-state index in [2.05, 4.69) is 17.3 Å². The molecule has 152 valence electrons. The second-order valence-electron chi connectivity index (χ2n) is 7.81. The van der Waals surface area contributed by atoms with Crippen LogP contribution < -0.4 is 11.1 Å². The molecule has 1 atom stereocenters. The average molecular weight is 394 g/mol. The molecule has 5 N–H and O–H groups in total. The van der Waals surface area contributed by atoms with E-state index in [1.807, 2.05) is 36.5 Å². The molecule has 1 aliphatic rings. The standard InChI is InChI=1S/C22H26N4O3/c1-13(14-5-6-14)25-21-19(22(23)29)9-24-26-10-17(8-20(21)26)15-3-2-4-16(7-15)18(11-27)12-28/h2-4,7-10,13-14,18,25,27-28H,5-6,11-12H2,1H3,(H2,23,29)/t13-/m1/s1. The maximum Gasteiger partial charge on any atom is 0.252 e. The van der Waals surface area contributed by atoms with Crippen LogP contribution in [-0.4, -0.2) is 45.0 Å². The van der Waals surface area contributed by atoms with Crippen molar-refractivity contribution in [2.75, 3.05) is 18.5 Å². The van der Waals surface area contributed by atoms with Gasteiger partial charge in [-0.2, -0.15) is 5.10 Å². The molecule has 0 radical (unpaired) electrons. The lowest BCUT2D eigenvalue weighted by atomic mass is 9.97. The minimum absolute atomic E-state index is 0.117. The van der Waals surface area contributed by atoms with Crippen molar-refractivity contribution >= 4 is 17.1 Å². The fourth-order valence-electron chi connectivity index (χ4n) is 3.74. The summed E-state index contributed by atoms with van der Waals surface area (Å²) in [6.07, 6.45) is 5.79. The first-order valence-corrected chi connectivity index (χ1v) is 9.91. The molecule has 0 saturated heterocycles. The van der Waals surface area contributed by atoms with Crippen molar-refractivity contribution in [2.45, 2.75) is 31.7 Å². The Morgan fingerprint density at radius 2 is 2.03 bits per heavy atom. The zero-order chi connectivity index (χ0) is 20.5. The quantitative estimate of drug-likeness (QED) is 0.469. The molecule has 3 aromatic rings. The summed E-state index contributed by atoms with van der Waals surface area (Å²) in [7, 11) is 0. The van der Waals surface area contributed by atoms with E-state index < -0.39 is 5.91 Å². The van der Waals surface area contributed by atoms with Crippen LogP contribution in [-0.2, 0) is 0 Å². The molecule has 0 spiro atoms. The Bertz CT molecular complexity index is 1040. The highest BCUT2D eigenvalue weighted by atomic mass is 16.3. The van der Waals surface area contributed by atoms with E-state index in [9.17, 15) is 15.0 Å². The van der Waals surface area contributed by atoms with Crippen molar-refractivity contribution in [2.24, 2.45) is 11.7 Å². The minimum atomic E-state index is -0.510. The molecule has 2 aromatic heterocycles. The van der Waals surface area contributed by atoms with Crippen molar-refractivity contribution in [1.29, 1.82) is 0 Å². The molecule has 0 aliphatic heterocycles. The van der Waals surface area contributed by atoms with Crippen LogP contribution in [0.2, 0.25) is 0 Å². The number of aliphatic hydroxyl groups is 2. The third-order valence-electron chi connectivity index (χ3n) is 5.74. The molecule has 7 nitrogen and oxygen atoms in total. The first-order valence-electron chi connectivity index (χ1n) is 9.91. The van der Waals surface area contributed by atoms with Gasteiger partial charge in [-0.05, 0) is 42.9 Å². The van der Waals surface area contributed by atoms with Gasteiger partial charge in [0.1, 0.15) is 0 Å². The summed E-state index contributed by atoms with van der Waals surface area (Å²) >= 11 is 0. The summed E-state index contributed by atoms with van der Waals surface area (Å²) in [4.78, 5) is 12.0. The third kappa shape index (κ3) is 3.83. The number of benzene rings is 1. The van der Waals surface area contributed by atoms with Crippen molar-refractivity contribution in [1.82, 2.24) is 9.61 Å². The Labute approximate surface area is 169 Å². The number of hydrogen-bond acceptors (Lipinski definition) is 5. The summed E-state index contributed by atoms with van der Waals surface area (Å²) < 4.78 is 1.74. The molecular weight excluding hydrogens is 368 g/mol. The Morgan fingerprint density at radius 3 is 2.69 bits per heavy atom. The molecule has 1 amide bonds. The number of anilines is 1. The number of carbonyl (C=O) groups is 1. The number of nitrogens with two attached hydrogens (primary N) is 1. The van der Waals surface area contributed by atoms with Crippen LogP contribution >= 0.6 is 0 Å². The van der Waals surface area contributed by atoms with Crippen molar-refractivity contribution in [3.8, 4) is 11.1 Å². The lowest BCUT2D eigenvalue weighted by Crippen LogP contribution is -2.22. The number of carbonyl (C=O) groups excluding carboxylic acids is 1. The smallest absolute Gasteiger partial charge is 0.252 e. The van der Waals surface area contributed by atoms with Crippen molar-refractivity contribution in [3.05, 3.63) is 53.9 Å². The summed E-state index contributed by atoms with van der Waals surface area (Å²) in [6, 6.07) is 9.95. The molecule has 0 bridgehead atoms. The van der Waals surface area contributed by atoms with E-state index in [1.165, 1.54) is 19.0 Å². The van der Waals surface area contributed by atoms with Gasteiger partial charge < -0.3 is 21.3 Å². The normalized spacial score (nSPS) is 15.0. The minimum Gasteiger partial charge on any atom is -0.396 e. The molecule has 2 heterocycles. The topological polar surface area (TPSA) is 113 Å². The van der Waals surface area contributed by atoms with Gasteiger partial charge in [0.05, 0.1) is 36.2 Å². The number of aromatic nitrogens is 2. The van der Waals surface area contributed by atoms with E-state index in [4.69, 9.17) is 5.73 Å². The molecule has 1 aliphatic carbocycles. The highest BCUT2D eigenvalue weighted by Crippen LogP contribution is 2.36. The fraction of sp³-hybridized carbons (Fsp3) is 0.364. The van der Waals surface area contributed by atoms with E-state index in [0.29, 0.717) is 17.2 Å². The Hall–Kier alpha value is -2.90. The van der Waals surface area contributed by atoms with Gasteiger partial charge in [0.25, 0.3) is 5.91 Å². The highest BCUT2D eigenvalue weighted by molar-refractivity contribution is 6.02. The third-order valence-corrected chi connectivity index (χ3v) is 5.74. The van der Waals surface area contributed by atoms with E-state index >= 15 is 0 Å². The Kier molecular flexibility index (Phi) is 5.25. The fourth-order valence-corrected chi connectivity index (χ4v) is 3.74. The van der Waals surface area contributed by atoms with Gasteiger partial charge in [-0.1, -0.05) is 24.3 Å². The number of rotatable bonds is 8. The number of aliphatic hydroxyl groups excluding tert-OH is 2. The second-order valence-corrected chi connectivity index (χ2v) is 7.81. The van der Waals surface area contributed by atoms with E-state index in [-0.39, 0.29) is 25.2 Å². The zero-order valence-corrected chi connectivity index (χ0v) is 16.4. The molecule has 1 aromatic carbocycles. The van der Waals surface area contributed by atoms with Gasteiger partial charge in [-0.15, -0.1) is 0 Å². The molecular formula is C22H26N4O3. The number of nitrogens with zero attached hydrogens (tertiary/aromatic N) is 2. The zero-order valence-electron chi connectivity index (χ0n) is 16.4. The Balaban J connectivity index is 1.78. The average Bonchev–Trinajstić information content (AvgIpc) is 3.48. The van der Waals surface area contributed by atoms with Gasteiger partial charge in [0.2, 0.25) is 0 Å². The highest BCUT2D eigenvalue weighted by Gasteiger charge is 2.29. The number of amides is 1. The SMILES string of the molecule is C[C@@H](Nc1c(C(N)=O)cnn2cc(-c3cccc(C(CO)CO)c3)cc12)C1CC1. The largest absolute Gasteiger partial charge is 0.396 e. The first kappa shape index (κ1) is 19.4. The molecule has 1 saturated carbocycles. The van der Waals surface area contributed by atoms with Crippen LogP contribution in [0.3, 0.4) is 0 Å². The predicted molar refractivity (Wildman–Crippen MR) is 112 cm³/mol. The number of hydrogen-bond donors (Lipinski definition) is 4. The van der Waals surface area contributed by atoms with E-state index in [1.54, 1.807) is 4.52 Å². The molecule has 7 heteroatoms. The van der Waals surface area contributed by atoms with Crippen LogP contribution in [0.5, 0.6) is 0 Å². The molecule has 29 heavy (non-hydrogen) atoms. The molecule has 1 fully saturated rings. The lowest BCUT2D eigenvalue weighted by molar-refractivity contribution is 0.100. The summed E-state index contributed by atoms with van der Waals surface area (Å²) in [5.41, 5.74) is 10.2. The molecule has 4 rings (SSSR count). The van der Waals surface area contributed by atoms with Crippen LogP contribution in [0.4, 0.5) is 5.69 Å². The first-order chi connectivity index (χ1) is 14.0. The molecule has 0 unspecified atom stereocenters. The van der Waals surface area contributed by atoms with E-state index in [0.717, 1.165) is 22.2 Å². The van der Waals surface area contributed by atoms with Crippen molar-refractivity contribution in [3.63, 3.8) is 0 Å². The lowest BCUT2D eigenvalue weighted by Gasteiger charge is -2.17. The summed E-state index contributed by atoms with van der Waals surface area (Å²) in [5, 5.41) is 26.8. The maximum atomic E-state index is 12.0. The van der Waals surface area contributed by atoms with Gasteiger partial charge in [-0.3, -0.25) is 4.79 Å². The van der Waals surface area contributed by atoms with Gasteiger partial charge >= 0.3 is 0 Å². The van der Waals surface area contributed by atoms with Crippen molar-refractivity contribution < 1.29 is 15.0 Å². The van der Waals surface area contributed by atoms with Crippen LogP contribution in [0.25, 0.3) is 16.6 Å². The summed E-state index contributed by atoms with van der Waals surface area (Å²) in [5.74, 6) is -0.212. The number of primary amides is 1. The van der Waals surface area contributed by atoms with Gasteiger partial charge in [0.15, 0.2) is 0 Å². The van der Waals surface area contributed by atoms with Crippen LogP contribution in [0.1, 0.15) is 41.6 Å². The monoisotopic (exact) mass is 394 g/mol. The van der Waals surface area contributed by atoms with Gasteiger partial charge in [-0.25, -0.2) is 4.52 Å². The number of fused-ring (bicyclic) bond motifs is 1. The number of nitrogens with one attached hydrogen (secondary N) is 1.